The van der Waals surface area contributed by atoms with E-state index in [4.69, 9.17) is 9.84 Å². The number of alkyl halides is 3. The predicted octanol–water partition coefficient (Wildman–Crippen LogP) is 4.23. The van der Waals surface area contributed by atoms with Crippen molar-refractivity contribution < 1.29 is 27.4 Å². The number of rotatable bonds is 2. The molecule has 20 heavy (non-hydrogen) atoms. The smallest absolute Gasteiger partial charge is 0.416 e. The van der Waals surface area contributed by atoms with E-state index in [1.165, 1.54) is 19.2 Å². The Morgan fingerprint density at radius 1 is 1.05 bits per heavy atom. The van der Waals surface area contributed by atoms with Crippen LogP contribution in [0.4, 0.5) is 17.6 Å². The number of aromatic hydroxyl groups is 1. The van der Waals surface area contributed by atoms with Gasteiger partial charge in [-0.15, -0.1) is 0 Å². The zero-order chi connectivity index (χ0) is 14.9. The number of hydrogen-bond acceptors (Lipinski definition) is 2. The maximum atomic E-state index is 13.3. The summed E-state index contributed by atoms with van der Waals surface area (Å²) in [6.07, 6.45) is -4.50. The number of hydrogen-bond donors (Lipinski definition) is 1. The minimum atomic E-state index is -4.50. The van der Waals surface area contributed by atoms with Gasteiger partial charge in [0, 0.05) is 5.56 Å². The lowest BCUT2D eigenvalue weighted by Crippen LogP contribution is -2.05. The number of ether oxygens (including phenoxy) is 1. The first-order valence-electron chi connectivity index (χ1n) is 5.57. The fourth-order valence-electron chi connectivity index (χ4n) is 1.78. The molecule has 0 aliphatic carbocycles. The lowest BCUT2D eigenvalue weighted by molar-refractivity contribution is -0.137. The number of phenolic OH excluding ortho intramolecular Hbond substituents is 1. The van der Waals surface area contributed by atoms with Crippen LogP contribution in [-0.4, -0.2) is 12.2 Å². The summed E-state index contributed by atoms with van der Waals surface area (Å²) < 4.78 is 56.4. The molecule has 0 heterocycles. The van der Waals surface area contributed by atoms with Gasteiger partial charge in [-0.25, -0.2) is 4.39 Å². The van der Waals surface area contributed by atoms with Crippen LogP contribution >= 0.6 is 0 Å². The second-order valence-corrected chi connectivity index (χ2v) is 4.08. The van der Waals surface area contributed by atoms with Gasteiger partial charge in [0.2, 0.25) is 0 Å². The largest absolute Gasteiger partial charge is 0.505 e. The molecule has 0 aliphatic heterocycles. The predicted molar refractivity (Wildman–Crippen MR) is 65.1 cm³/mol. The van der Waals surface area contributed by atoms with Crippen LogP contribution in [0.25, 0.3) is 11.1 Å². The third kappa shape index (κ3) is 2.68. The third-order valence-corrected chi connectivity index (χ3v) is 2.79. The topological polar surface area (TPSA) is 29.5 Å². The van der Waals surface area contributed by atoms with Gasteiger partial charge in [0.05, 0.1) is 12.7 Å². The van der Waals surface area contributed by atoms with Crippen molar-refractivity contribution in [3.05, 3.63) is 47.8 Å². The van der Waals surface area contributed by atoms with Crippen LogP contribution in [-0.2, 0) is 6.18 Å². The molecule has 0 atom stereocenters. The van der Waals surface area contributed by atoms with Crippen molar-refractivity contribution >= 4 is 0 Å². The van der Waals surface area contributed by atoms with Crippen molar-refractivity contribution in [1.29, 1.82) is 0 Å². The molecule has 0 amide bonds. The Morgan fingerprint density at radius 2 is 1.75 bits per heavy atom. The Bertz CT molecular complexity index is 636. The monoisotopic (exact) mass is 286 g/mol. The lowest BCUT2D eigenvalue weighted by atomic mass is 10.0. The molecular weight excluding hydrogens is 276 g/mol. The summed E-state index contributed by atoms with van der Waals surface area (Å²) in [6, 6.07) is 6.28. The highest BCUT2D eigenvalue weighted by Crippen LogP contribution is 2.37. The van der Waals surface area contributed by atoms with Gasteiger partial charge in [-0.05, 0) is 35.9 Å². The zero-order valence-corrected chi connectivity index (χ0v) is 10.3. The molecule has 0 bridgehead atoms. The molecule has 0 aromatic heterocycles. The average molecular weight is 286 g/mol. The lowest BCUT2D eigenvalue weighted by Gasteiger charge is -2.13. The molecule has 0 fully saturated rings. The van der Waals surface area contributed by atoms with Crippen LogP contribution in [0, 0.1) is 5.82 Å². The molecule has 0 saturated heterocycles. The minimum absolute atomic E-state index is 0.0984. The number of halogens is 4. The van der Waals surface area contributed by atoms with E-state index in [2.05, 4.69) is 0 Å². The molecule has 6 heteroatoms. The maximum Gasteiger partial charge on any atom is 0.416 e. The molecule has 0 unspecified atom stereocenters. The minimum Gasteiger partial charge on any atom is -0.505 e. The normalized spacial score (nSPS) is 11.4. The van der Waals surface area contributed by atoms with E-state index in [0.29, 0.717) is 0 Å². The van der Waals surface area contributed by atoms with Crippen molar-refractivity contribution in [3.63, 3.8) is 0 Å². The Labute approximate surface area is 112 Å². The van der Waals surface area contributed by atoms with Gasteiger partial charge >= 0.3 is 6.18 Å². The first kappa shape index (κ1) is 14.2. The summed E-state index contributed by atoms with van der Waals surface area (Å²) in [5.74, 6) is -1.30. The second kappa shape index (κ2) is 5.03. The second-order valence-electron chi connectivity index (χ2n) is 4.08. The van der Waals surface area contributed by atoms with Crippen molar-refractivity contribution in [2.24, 2.45) is 0 Å². The van der Waals surface area contributed by atoms with Gasteiger partial charge in [-0.2, -0.15) is 13.2 Å². The average Bonchev–Trinajstić information content (AvgIpc) is 2.40. The summed E-state index contributed by atoms with van der Waals surface area (Å²) in [6.45, 7) is 0. The highest BCUT2D eigenvalue weighted by atomic mass is 19.4. The highest BCUT2D eigenvalue weighted by Gasteiger charge is 2.31. The standard InChI is InChI=1S/C14H10F4O2/c1-20-13-5-3-9(14(16,17)18)7-10(13)8-2-4-12(19)11(15)6-8/h2-7,19H,1H3. The van der Waals surface area contributed by atoms with E-state index in [1.807, 2.05) is 0 Å². The van der Waals surface area contributed by atoms with Gasteiger partial charge in [0.25, 0.3) is 0 Å². The first-order chi connectivity index (χ1) is 9.32. The van der Waals surface area contributed by atoms with Crippen molar-refractivity contribution in [2.75, 3.05) is 7.11 Å². The van der Waals surface area contributed by atoms with Crippen molar-refractivity contribution in [2.45, 2.75) is 6.18 Å². The third-order valence-electron chi connectivity index (χ3n) is 2.79. The van der Waals surface area contributed by atoms with Gasteiger partial charge in [0.1, 0.15) is 5.75 Å². The van der Waals surface area contributed by atoms with Gasteiger partial charge in [-0.3, -0.25) is 0 Å². The van der Waals surface area contributed by atoms with Crippen LogP contribution in [0.15, 0.2) is 36.4 Å². The summed E-state index contributed by atoms with van der Waals surface area (Å²) >= 11 is 0. The van der Waals surface area contributed by atoms with E-state index in [0.717, 1.165) is 24.3 Å². The van der Waals surface area contributed by atoms with E-state index in [9.17, 15) is 17.6 Å². The summed E-state index contributed by atoms with van der Waals surface area (Å²) in [5, 5.41) is 9.11. The summed E-state index contributed by atoms with van der Waals surface area (Å²) in [5.41, 5.74) is -0.578. The molecule has 2 aromatic rings. The van der Waals surface area contributed by atoms with Crippen molar-refractivity contribution in [3.8, 4) is 22.6 Å². The molecule has 106 valence electrons. The molecule has 2 aromatic carbocycles. The molecule has 2 rings (SSSR count). The Morgan fingerprint density at radius 3 is 2.30 bits per heavy atom. The van der Waals surface area contributed by atoms with Gasteiger partial charge < -0.3 is 9.84 Å². The fraction of sp³-hybridized carbons (Fsp3) is 0.143. The molecular formula is C14H10F4O2. The van der Waals surface area contributed by atoms with Gasteiger partial charge in [0.15, 0.2) is 11.6 Å². The van der Waals surface area contributed by atoms with Crippen LogP contribution in [0.3, 0.4) is 0 Å². The number of benzene rings is 2. The Hall–Kier alpha value is -2.24. The number of phenols is 1. The van der Waals surface area contributed by atoms with E-state index in [-0.39, 0.29) is 16.9 Å². The molecule has 1 N–H and O–H groups in total. The van der Waals surface area contributed by atoms with E-state index >= 15 is 0 Å². The van der Waals surface area contributed by atoms with Crippen LogP contribution < -0.4 is 4.74 Å². The van der Waals surface area contributed by atoms with Gasteiger partial charge in [-0.1, -0.05) is 6.07 Å². The highest BCUT2D eigenvalue weighted by molar-refractivity contribution is 5.72. The van der Waals surface area contributed by atoms with E-state index < -0.39 is 23.3 Å². The van der Waals surface area contributed by atoms with E-state index in [1.54, 1.807) is 0 Å². The quantitative estimate of drug-likeness (QED) is 0.837. The molecule has 0 radical (unpaired) electrons. The Balaban J connectivity index is 2.61. The molecule has 0 spiro atoms. The molecule has 0 saturated carbocycles. The fourth-order valence-corrected chi connectivity index (χ4v) is 1.78. The first-order valence-corrected chi connectivity index (χ1v) is 5.57. The zero-order valence-electron chi connectivity index (χ0n) is 10.3. The Kier molecular flexibility index (Phi) is 3.57. The molecule has 2 nitrogen and oxygen atoms in total. The van der Waals surface area contributed by atoms with Crippen LogP contribution in [0.5, 0.6) is 11.5 Å². The molecule has 0 aliphatic rings. The van der Waals surface area contributed by atoms with Crippen LogP contribution in [0.1, 0.15) is 5.56 Å². The maximum absolute atomic E-state index is 13.3. The van der Waals surface area contributed by atoms with Crippen molar-refractivity contribution in [1.82, 2.24) is 0 Å². The summed E-state index contributed by atoms with van der Waals surface area (Å²) in [4.78, 5) is 0. The summed E-state index contributed by atoms with van der Waals surface area (Å²) in [7, 11) is 1.31. The SMILES string of the molecule is COc1ccc(C(F)(F)F)cc1-c1ccc(O)c(F)c1. The van der Waals surface area contributed by atoms with Crippen LogP contribution in [0.2, 0.25) is 0 Å². The number of methoxy groups -OCH3 is 1.